The van der Waals surface area contributed by atoms with Crippen LogP contribution in [0.4, 0.5) is 14.5 Å². The van der Waals surface area contributed by atoms with Crippen LogP contribution < -0.4 is 5.73 Å². The number of fused-ring (bicyclic) bond motifs is 1. The summed E-state index contributed by atoms with van der Waals surface area (Å²) in [6.07, 6.45) is -0.645. The Morgan fingerprint density at radius 3 is 2.42 bits per heavy atom. The van der Waals surface area contributed by atoms with E-state index in [0.717, 1.165) is 10.2 Å². The maximum atomic E-state index is 13.5. The summed E-state index contributed by atoms with van der Waals surface area (Å²) in [5, 5.41) is -1.08. The van der Waals surface area contributed by atoms with Gasteiger partial charge in [0.05, 0.1) is 5.52 Å². The molecule has 4 nitrogen and oxygen atoms in total. The van der Waals surface area contributed by atoms with E-state index in [1.807, 2.05) is 0 Å². The Hall–Kier alpha value is -2.19. The first-order chi connectivity index (χ1) is 12.3. The van der Waals surface area contributed by atoms with Gasteiger partial charge in [0.25, 0.3) is 6.43 Å². The first kappa shape index (κ1) is 18.6. The molecule has 1 atom stereocenters. The van der Waals surface area contributed by atoms with Crippen LogP contribution >= 0.6 is 15.9 Å². The lowest BCUT2D eigenvalue weighted by molar-refractivity contribution is 0.153. The van der Waals surface area contributed by atoms with Crippen LogP contribution in [0.2, 0.25) is 0 Å². The molecular formula is C18H15BrF2N2O2S. The molecule has 0 spiro atoms. The second-order valence-corrected chi connectivity index (χ2v) is 8.43. The minimum Gasteiger partial charge on any atom is -0.398 e. The average Bonchev–Trinajstić information content (AvgIpc) is 2.99. The van der Waals surface area contributed by atoms with E-state index in [1.165, 1.54) is 24.3 Å². The van der Waals surface area contributed by atoms with Gasteiger partial charge in [-0.15, -0.1) is 6.58 Å². The molecule has 2 aromatic carbocycles. The monoisotopic (exact) mass is 440 g/mol. The van der Waals surface area contributed by atoms with Crippen LogP contribution in [0.1, 0.15) is 22.8 Å². The van der Waals surface area contributed by atoms with Gasteiger partial charge < -0.3 is 5.73 Å². The zero-order chi connectivity index (χ0) is 19.1. The Labute approximate surface area is 158 Å². The van der Waals surface area contributed by atoms with Crippen LogP contribution in [0.3, 0.4) is 0 Å². The van der Waals surface area contributed by atoms with Gasteiger partial charge in [-0.3, -0.25) is 0 Å². The van der Waals surface area contributed by atoms with E-state index in [4.69, 9.17) is 5.73 Å². The Balaban J connectivity index is 2.30. The molecule has 8 heteroatoms. The lowest BCUT2D eigenvalue weighted by atomic mass is 10.1. The largest absolute Gasteiger partial charge is 0.398 e. The molecule has 1 heterocycles. The summed E-state index contributed by atoms with van der Waals surface area (Å²) in [6.45, 7) is 3.62. The predicted molar refractivity (Wildman–Crippen MR) is 103 cm³/mol. The van der Waals surface area contributed by atoms with E-state index in [1.54, 1.807) is 24.3 Å². The number of benzene rings is 2. The van der Waals surface area contributed by atoms with Crippen molar-refractivity contribution in [2.24, 2.45) is 0 Å². The molecule has 2 N–H and O–H groups in total. The third kappa shape index (κ3) is 2.93. The van der Waals surface area contributed by atoms with Crippen LogP contribution in [-0.2, 0) is 10.0 Å². The van der Waals surface area contributed by atoms with Crippen molar-refractivity contribution in [2.45, 2.75) is 11.7 Å². The van der Waals surface area contributed by atoms with Gasteiger partial charge in [-0.2, -0.15) is 0 Å². The number of nitrogen functional groups attached to an aromatic ring is 1. The molecule has 0 bridgehead atoms. The quantitative estimate of drug-likeness (QED) is 0.446. The standard InChI is InChI=1S/C18H15BrF2N2O2S/c1-2-16(11-6-3-4-7-13(11)19)26(24,25)23-10-12(18(20)21)17-14(22)8-5-9-15(17)23/h2-10,16,18H,1,22H2. The normalized spacial score (nSPS) is 13.2. The van der Waals surface area contributed by atoms with E-state index in [9.17, 15) is 17.2 Å². The van der Waals surface area contributed by atoms with Crippen LogP contribution in [0.5, 0.6) is 0 Å². The fraction of sp³-hybridized carbons (Fsp3) is 0.111. The highest BCUT2D eigenvalue weighted by atomic mass is 79.9. The molecule has 0 radical (unpaired) electrons. The van der Waals surface area contributed by atoms with Crippen LogP contribution in [0.15, 0.2) is 65.8 Å². The second-order valence-electron chi connectivity index (χ2n) is 5.65. The molecule has 3 aromatic rings. The van der Waals surface area contributed by atoms with Crippen LogP contribution in [-0.4, -0.2) is 12.4 Å². The molecule has 0 aliphatic heterocycles. The Kier molecular flexibility index (Phi) is 4.90. The first-order valence-electron chi connectivity index (χ1n) is 7.58. The molecular weight excluding hydrogens is 426 g/mol. The zero-order valence-electron chi connectivity index (χ0n) is 13.4. The molecule has 3 rings (SSSR count). The van der Waals surface area contributed by atoms with E-state index in [0.29, 0.717) is 10.0 Å². The van der Waals surface area contributed by atoms with Gasteiger partial charge in [0, 0.05) is 27.3 Å². The summed E-state index contributed by atoms with van der Waals surface area (Å²) in [7, 11) is -4.10. The maximum absolute atomic E-state index is 13.5. The SMILES string of the molecule is C=CC(c1ccccc1Br)S(=O)(=O)n1cc(C(F)F)c2c(N)cccc21. The smallest absolute Gasteiger partial charge is 0.266 e. The molecule has 0 fully saturated rings. The predicted octanol–water partition coefficient (Wildman–Crippen LogP) is 5.03. The molecule has 0 saturated carbocycles. The van der Waals surface area contributed by atoms with Gasteiger partial charge in [0.1, 0.15) is 5.25 Å². The summed E-state index contributed by atoms with van der Waals surface area (Å²) in [6, 6.07) is 11.2. The minimum atomic E-state index is -4.10. The van der Waals surface area contributed by atoms with Crippen LogP contribution in [0, 0.1) is 0 Å². The van der Waals surface area contributed by atoms with Gasteiger partial charge in [-0.1, -0.05) is 46.3 Å². The minimum absolute atomic E-state index is 0.0426. The summed E-state index contributed by atoms with van der Waals surface area (Å²) >= 11 is 3.33. The number of halogens is 3. The van der Waals surface area contributed by atoms with Gasteiger partial charge in [0.15, 0.2) is 0 Å². The number of alkyl halides is 2. The number of hydrogen-bond acceptors (Lipinski definition) is 3. The maximum Gasteiger partial charge on any atom is 0.266 e. The highest BCUT2D eigenvalue weighted by molar-refractivity contribution is 9.10. The van der Waals surface area contributed by atoms with Crippen molar-refractivity contribution < 1.29 is 17.2 Å². The van der Waals surface area contributed by atoms with Gasteiger partial charge >= 0.3 is 0 Å². The number of rotatable bonds is 5. The molecule has 0 saturated heterocycles. The third-order valence-corrected chi connectivity index (χ3v) is 6.77. The van der Waals surface area contributed by atoms with Crippen molar-refractivity contribution in [3.8, 4) is 0 Å². The Morgan fingerprint density at radius 1 is 1.12 bits per heavy atom. The van der Waals surface area contributed by atoms with Gasteiger partial charge in [0.2, 0.25) is 10.0 Å². The molecule has 136 valence electrons. The van der Waals surface area contributed by atoms with E-state index in [2.05, 4.69) is 22.5 Å². The summed E-state index contributed by atoms with van der Waals surface area (Å²) in [5.41, 5.74) is 6.08. The van der Waals surface area contributed by atoms with E-state index < -0.39 is 27.3 Å². The van der Waals surface area contributed by atoms with E-state index in [-0.39, 0.29) is 16.6 Å². The highest BCUT2D eigenvalue weighted by Crippen LogP contribution is 2.38. The second kappa shape index (κ2) is 6.85. The molecule has 0 aliphatic rings. The molecule has 26 heavy (non-hydrogen) atoms. The number of nitrogens with two attached hydrogens (primary N) is 1. The highest BCUT2D eigenvalue weighted by Gasteiger charge is 2.31. The Bertz CT molecular complexity index is 1090. The van der Waals surface area contributed by atoms with Crippen molar-refractivity contribution in [3.63, 3.8) is 0 Å². The summed E-state index contributed by atoms with van der Waals surface area (Å²) < 4.78 is 54.9. The first-order valence-corrected chi connectivity index (χ1v) is 9.87. The molecule has 1 unspecified atom stereocenters. The summed E-state index contributed by atoms with van der Waals surface area (Å²) in [5.74, 6) is 0. The third-order valence-electron chi connectivity index (χ3n) is 4.11. The van der Waals surface area contributed by atoms with Crippen molar-refractivity contribution in [2.75, 3.05) is 5.73 Å². The zero-order valence-corrected chi connectivity index (χ0v) is 15.8. The molecule has 0 aliphatic carbocycles. The lowest BCUT2D eigenvalue weighted by Gasteiger charge is -2.17. The number of anilines is 1. The van der Waals surface area contributed by atoms with E-state index >= 15 is 0 Å². The Morgan fingerprint density at radius 2 is 1.81 bits per heavy atom. The topological polar surface area (TPSA) is 65.1 Å². The molecule has 1 aromatic heterocycles. The van der Waals surface area contributed by atoms with Gasteiger partial charge in [-0.25, -0.2) is 21.2 Å². The number of nitrogens with zero attached hydrogens (tertiary/aromatic N) is 1. The van der Waals surface area contributed by atoms with Crippen molar-refractivity contribution in [1.29, 1.82) is 0 Å². The molecule has 0 amide bonds. The van der Waals surface area contributed by atoms with Gasteiger partial charge in [-0.05, 0) is 23.8 Å². The van der Waals surface area contributed by atoms with Crippen molar-refractivity contribution in [3.05, 3.63) is 76.9 Å². The van der Waals surface area contributed by atoms with Crippen molar-refractivity contribution >= 4 is 42.5 Å². The van der Waals surface area contributed by atoms with Crippen LogP contribution in [0.25, 0.3) is 10.9 Å². The lowest BCUT2D eigenvalue weighted by Crippen LogP contribution is -2.19. The van der Waals surface area contributed by atoms with Crippen molar-refractivity contribution in [1.82, 2.24) is 3.97 Å². The fourth-order valence-corrected chi connectivity index (χ4v) is 5.31. The number of aromatic nitrogens is 1. The fourth-order valence-electron chi connectivity index (χ4n) is 2.93. The average molecular weight is 441 g/mol. The summed E-state index contributed by atoms with van der Waals surface area (Å²) in [4.78, 5) is 0. The number of hydrogen-bond donors (Lipinski definition) is 1.